The van der Waals surface area contributed by atoms with E-state index in [-0.39, 0.29) is 22.9 Å². The average molecular weight is 443 g/mol. The smallest absolute Gasteiger partial charge is 0.387 e. The molecule has 0 aliphatic rings. The molecule has 2 aromatic rings. The highest BCUT2D eigenvalue weighted by atomic mass is 19.3. The summed E-state index contributed by atoms with van der Waals surface area (Å²) in [5, 5.41) is 2.29. The Labute approximate surface area is 174 Å². The molecule has 0 fully saturated rings. The number of halogens is 4. The van der Waals surface area contributed by atoms with Crippen LogP contribution in [0.3, 0.4) is 0 Å². The lowest BCUT2D eigenvalue weighted by molar-refractivity contribution is -0.142. The van der Waals surface area contributed by atoms with Crippen molar-refractivity contribution < 1.29 is 46.1 Å². The Morgan fingerprint density at radius 3 is 2.32 bits per heavy atom. The van der Waals surface area contributed by atoms with Gasteiger partial charge in [-0.1, -0.05) is 18.2 Å². The molecule has 0 aromatic heterocycles. The standard InChI is InChI=1S/C20H17F4NO6/c1-28-16-10-12(6-8-15(16)31-20(23)24)7-9-18(27)29-11-17(26)25-13-4-2-3-5-14(13)30-19(21)22/h2-10,19-20H,11H2,1H3,(H,25,26). The van der Waals surface area contributed by atoms with Crippen molar-refractivity contribution in [3.8, 4) is 17.2 Å². The molecule has 11 heteroatoms. The van der Waals surface area contributed by atoms with Crippen LogP contribution in [0.25, 0.3) is 6.08 Å². The third kappa shape index (κ3) is 7.88. The lowest BCUT2D eigenvalue weighted by Crippen LogP contribution is -2.20. The van der Waals surface area contributed by atoms with Crippen molar-refractivity contribution >= 4 is 23.6 Å². The number of esters is 1. The Morgan fingerprint density at radius 1 is 0.968 bits per heavy atom. The van der Waals surface area contributed by atoms with Gasteiger partial charge in [0, 0.05) is 6.08 Å². The first-order chi connectivity index (χ1) is 14.8. The van der Waals surface area contributed by atoms with Crippen LogP contribution in [0.15, 0.2) is 48.5 Å². The second kappa shape index (κ2) is 11.4. The van der Waals surface area contributed by atoms with Crippen LogP contribution in [0.5, 0.6) is 17.2 Å². The fraction of sp³-hybridized carbons (Fsp3) is 0.200. The first-order valence-corrected chi connectivity index (χ1v) is 8.60. The van der Waals surface area contributed by atoms with Gasteiger partial charge in [0.2, 0.25) is 0 Å². The van der Waals surface area contributed by atoms with Crippen LogP contribution in [0.4, 0.5) is 23.2 Å². The minimum Gasteiger partial charge on any atom is -0.493 e. The number of carbonyl (C=O) groups is 2. The second-order valence-corrected chi connectivity index (χ2v) is 5.65. The molecule has 1 amide bonds. The van der Waals surface area contributed by atoms with Crippen molar-refractivity contribution in [2.75, 3.05) is 19.0 Å². The van der Waals surface area contributed by atoms with E-state index in [2.05, 4.69) is 14.8 Å². The minimum atomic E-state index is -3.07. The Hall–Kier alpha value is -3.76. The molecule has 0 saturated heterocycles. The maximum Gasteiger partial charge on any atom is 0.387 e. The molecule has 0 aliphatic heterocycles. The zero-order valence-corrected chi connectivity index (χ0v) is 16.0. The summed E-state index contributed by atoms with van der Waals surface area (Å²) < 4.78 is 67.7. The maximum absolute atomic E-state index is 12.4. The van der Waals surface area contributed by atoms with Crippen LogP contribution in [-0.4, -0.2) is 38.8 Å². The fourth-order valence-corrected chi connectivity index (χ4v) is 2.29. The molecule has 0 unspecified atom stereocenters. The third-order valence-corrected chi connectivity index (χ3v) is 3.54. The van der Waals surface area contributed by atoms with Gasteiger partial charge in [-0.25, -0.2) is 4.79 Å². The van der Waals surface area contributed by atoms with E-state index in [1.807, 2.05) is 0 Å². The molecule has 0 heterocycles. The van der Waals surface area contributed by atoms with Crippen molar-refractivity contribution in [1.82, 2.24) is 0 Å². The van der Waals surface area contributed by atoms with Gasteiger partial charge in [-0.05, 0) is 35.9 Å². The summed E-state index contributed by atoms with van der Waals surface area (Å²) in [6, 6.07) is 9.51. The van der Waals surface area contributed by atoms with E-state index in [9.17, 15) is 27.2 Å². The Morgan fingerprint density at radius 2 is 1.65 bits per heavy atom. The number of hydrogen-bond donors (Lipinski definition) is 1. The zero-order chi connectivity index (χ0) is 22.8. The fourth-order valence-electron chi connectivity index (χ4n) is 2.29. The van der Waals surface area contributed by atoms with Gasteiger partial charge in [0.15, 0.2) is 18.1 Å². The Balaban J connectivity index is 1.90. The predicted octanol–water partition coefficient (Wildman–Crippen LogP) is 4.09. The van der Waals surface area contributed by atoms with Crippen molar-refractivity contribution in [2.45, 2.75) is 13.2 Å². The second-order valence-electron chi connectivity index (χ2n) is 5.65. The van der Waals surface area contributed by atoms with E-state index in [1.54, 1.807) is 0 Å². The number of anilines is 1. The summed E-state index contributed by atoms with van der Waals surface area (Å²) in [5.41, 5.74) is 0.399. The van der Waals surface area contributed by atoms with Gasteiger partial charge in [-0.3, -0.25) is 4.79 Å². The van der Waals surface area contributed by atoms with E-state index >= 15 is 0 Å². The van der Waals surface area contributed by atoms with Gasteiger partial charge >= 0.3 is 19.2 Å². The molecule has 2 aromatic carbocycles. The predicted molar refractivity (Wildman–Crippen MR) is 101 cm³/mol. The molecule has 0 spiro atoms. The number of nitrogens with one attached hydrogen (secondary N) is 1. The number of methoxy groups -OCH3 is 1. The largest absolute Gasteiger partial charge is 0.493 e. The van der Waals surface area contributed by atoms with Gasteiger partial charge in [-0.2, -0.15) is 17.6 Å². The van der Waals surface area contributed by atoms with Gasteiger partial charge < -0.3 is 24.3 Å². The number of hydrogen-bond acceptors (Lipinski definition) is 6. The average Bonchev–Trinajstić information content (AvgIpc) is 2.72. The molecule has 0 atom stereocenters. The molecular weight excluding hydrogens is 426 g/mol. The first-order valence-electron chi connectivity index (χ1n) is 8.60. The van der Waals surface area contributed by atoms with Gasteiger partial charge in [0.1, 0.15) is 5.75 Å². The summed E-state index contributed by atoms with van der Waals surface area (Å²) in [4.78, 5) is 23.7. The molecule has 7 nitrogen and oxygen atoms in total. The third-order valence-electron chi connectivity index (χ3n) is 3.54. The highest BCUT2D eigenvalue weighted by Gasteiger charge is 2.13. The van der Waals surface area contributed by atoms with Crippen LogP contribution < -0.4 is 19.5 Å². The molecule has 0 radical (unpaired) electrons. The van der Waals surface area contributed by atoms with E-state index in [0.717, 1.165) is 6.08 Å². The number of amides is 1. The van der Waals surface area contributed by atoms with E-state index < -0.39 is 31.7 Å². The molecule has 31 heavy (non-hydrogen) atoms. The topological polar surface area (TPSA) is 83.1 Å². The molecule has 0 saturated carbocycles. The van der Waals surface area contributed by atoms with Gasteiger partial charge in [0.25, 0.3) is 5.91 Å². The number of carbonyl (C=O) groups excluding carboxylic acids is 2. The van der Waals surface area contributed by atoms with Crippen LogP contribution in [0.1, 0.15) is 5.56 Å². The molecule has 0 aliphatic carbocycles. The van der Waals surface area contributed by atoms with Crippen LogP contribution >= 0.6 is 0 Å². The summed E-state index contributed by atoms with van der Waals surface area (Å²) in [7, 11) is 1.26. The van der Waals surface area contributed by atoms with E-state index in [0.29, 0.717) is 5.56 Å². The molecule has 166 valence electrons. The monoisotopic (exact) mass is 443 g/mol. The molecular formula is C20H17F4NO6. The van der Waals surface area contributed by atoms with Gasteiger partial charge in [-0.15, -0.1) is 0 Å². The van der Waals surface area contributed by atoms with Crippen LogP contribution in [0.2, 0.25) is 0 Å². The number of alkyl halides is 4. The summed E-state index contributed by atoms with van der Waals surface area (Å²) >= 11 is 0. The molecule has 2 rings (SSSR count). The lowest BCUT2D eigenvalue weighted by atomic mass is 10.2. The van der Waals surface area contributed by atoms with E-state index in [4.69, 9.17) is 9.47 Å². The molecule has 1 N–H and O–H groups in total. The Bertz CT molecular complexity index is 936. The highest BCUT2D eigenvalue weighted by molar-refractivity contribution is 5.95. The number of para-hydroxylation sites is 2. The number of ether oxygens (including phenoxy) is 4. The van der Waals surface area contributed by atoms with Crippen molar-refractivity contribution in [3.63, 3.8) is 0 Å². The molecule has 0 bridgehead atoms. The van der Waals surface area contributed by atoms with Crippen LogP contribution in [-0.2, 0) is 14.3 Å². The minimum absolute atomic E-state index is 0.0161. The van der Waals surface area contributed by atoms with Crippen molar-refractivity contribution in [1.29, 1.82) is 0 Å². The quantitative estimate of drug-likeness (QED) is 0.338. The first kappa shape index (κ1) is 23.5. The SMILES string of the molecule is COc1cc(C=CC(=O)OCC(=O)Nc2ccccc2OC(F)F)ccc1OC(F)F. The van der Waals surface area contributed by atoms with Crippen molar-refractivity contribution in [3.05, 3.63) is 54.1 Å². The summed E-state index contributed by atoms with van der Waals surface area (Å²) in [5.74, 6) is -2.04. The Kier molecular flexibility index (Phi) is 8.67. The van der Waals surface area contributed by atoms with Crippen LogP contribution in [0, 0.1) is 0 Å². The summed E-state index contributed by atoms with van der Waals surface area (Å²) in [6.07, 6.45) is 2.31. The normalized spacial score (nSPS) is 10.9. The summed E-state index contributed by atoms with van der Waals surface area (Å²) in [6.45, 7) is -6.78. The van der Waals surface area contributed by atoms with Crippen molar-refractivity contribution in [2.24, 2.45) is 0 Å². The zero-order valence-electron chi connectivity index (χ0n) is 16.0. The lowest BCUT2D eigenvalue weighted by Gasteiger charge is -2.11. The highest BCUT2D eigenvalue weighted by Crippen LogP contribution is 2.30. The number of rotatable bonds is 10. The van der Waals surface area contributed by atoms with Gasteiger partial charge in [0.05, 0.1) is 12.8 Å². The van der Waals surface area contributed by atoms with E-state index in [1.165, 1.54) is 55.7 Å². The maximum atomic E-state index is 12.4. The number of benzene rings is 2.